The van der Waals surface area contributed by atoms with E-state index >= 15 is 0 Å². The Morgan fingerprint density at radius 2 is 2.15 bits per heavy atom. The van der Waals surface area contributed by atoms with Gasteiger partial charge in [0.05, 0.1) is 24.5 Å². The van der Waals surface area contributed by atoms with Gasteiger partial charge in [0, 0.05) is 44.8 Å². The fourth-order valence-electron chi connectivity index (χ4n) is 4.22. The number of H-pyrrole nitrogens is 1. The molecule has 1 fully saturated rings. The van der Waals surface area contributed by atoms with Crippen LogP contribution in [0.1, 0.15) is 42.8 Å². The minimum absolute atomic E-state index is 0.111. The number of carbonyl (C=O) groups excluding carboxylic acids is 1. The third kappa shape index (κ3) is 3.74. The van der Waals surface area contributed by atoms with Gasteiger partial charge in [0.25, 0.3) is 5.91 Å². The minimum atomic E-state index is -0.111. The van der Waals surface area contributed by atoms with Crippen molar-refractivity contribution in [1.82, 2.24) is 39.7 Å². The Kier molecular flexibility index (Phi) is 4.96. The summed E-state index contributed by atoms with van der Waals surface area (Å²) in [6.07, 6.45) is 1.36. The largest absolute Gasteiger partial charge is 0.328 e. The lowest BCUT2D eigenvalue weighted by molar-refractivity contribution is 0.0557. The van der Waals surface area contributed by atoms with E-state index in [1.54, 1.807) is 4.90 Å². The van der Waals surface area contributed by atoms with Crippen molar-refractivity contribution in [2.24, 2.45) is 0 Å². The molecule has 0 aliphatic carbocycles. The average Bonchev–Trinajstić information content (AvgIpc) is 3.29. The molecular weight excluding hydrogens is 344 g/mol. The number of aromatic amines is 1. The molecule has 146 valence electrons. The molecule has 0 unspecified atom stereocenters. The van der Waals surface area contributed by atoms with Crippen LogP contribution in [0.3, 0.4) is 0 Å². The Morgan fingerprint density at radius 1 is 1.30 bits per heavy atom. The highest BCUT2D eigenvalue weighted by atomic mass is 16.2. The molecule has 0 bridgehead atoms. The van der Waals surface area contributed by atoms with Crippen LogP contribution in [-0.4, -0.2) is 83.8 Å². The maximum atomic E-state index is 12.5. The summed E-state index contributed by atoms with van der Waals surface area (Å²) in [4.78, 5) is 23.3. The van der Waals surface area contributed by atoms with E-state index in [0.29, 0.717) is 37.5 Å². The van der Waals surface area contributed by atoms with Crippen molar-refractivity contribution in [2.45, 2.75) is 52.5 Å². The second kappa shape index (κ2) is 7.40. The van der Waals surface area contributed by atoms with E-state index in [1.807, 2.05) is 4.68 Å². The summed E-state index contributed by atoms with van der Waals surface area (Å²) in [6, 6.07) is 3.29. The summed E-state index contributed by atoms with van der Waals surface area (Å²) >= 11 is 0. The fourth-order valence-corrected chi connectivity index (χ4v) is 4.22. The van der Waals surface area contributed by atoms with Crippen LogP contribution in [0.15, 0.2) is 12.4 Å². The van der Waals surface area contributed by atoms with E-state index in [9.17, 15) is 4.79 Å². The van der Waals surface area contributed by atoms with E-state index in [0.717, 1.165) is 37.6 Å². The summed E-state index contributed by atoms with van der Waals surface area (Å²) in [5, 5.41) is 11.2. The minimum Gasteiger partial charge on any atom is -0.328 e. The number of aromatic nitrogens is 5. The maximum absolute atomic E-state index is 12.5. The first-order chi connectivity index (χ1) is 13.0. The monoisotopic (exact) mass is 372 g/mol. The molecule has 9 nitrogen and oxygen atoms in total. The van der Waals surface area contributed by atoms with Crippen LogP contribution in [0.5, 0.6) is 0 Å². The van der Waals surface area contributed by atoms with E-state index in [1.165, 1.54) is 6.33 Å². The third-order valence-corrected chi connectivity index (χ3v) is 5.57. The van der Waals surface area contributed by atoms with Gasteiger partial charge in [-0.25, -0.2) is 4.98 Å². The van der Waals surface area contributed by atoms with Crippen LogP contribution < -0.4 is 0 Å². The van der Waals surface area contributed by atoms with Gasteiger partial charge in [-0.3, -0.25) is 24.4 Å². The number of rotatable bonds is 4. The summed E-state index contributed by atoms with van der Waals surface area (Å²) in [5.74, 6) is 0.181. The van der Waals surface area contributed by atoms with Gasteiger partial charge in [0.2, 0.25) is 5.82 Å². The van der Waals surface area contributed by atoms with Gasteiger partial charge in [0.1, 0.15) is 6.33 Å². The van der Waals surface area contributed by atoms with E-state index in [-0.39, 0.29) is 5.91 Å². The van der Waals surface area contributed by atoms with Gasteiger partial charge in [-0.05, 0) is 26.8 Å². The molecule has 1 amide bonds. The van der Waals surface area contributed by atoms with Crippen LogP contribution in [0.4, 0.5) is 0 Å². The summed E-state index contributed by atoms with van der Waals surface area (Å²) in [7, 11) is 0. The number of piperazine rings is 1. The van der Waals surface area contributed by atoms with Crippen molar-refractivity contribution in [3.05, 3.63) is 29.6 Å². The van der Waals surface area contributed by atoms with Gasteiger partial charge in [0.15, 0.2) is 0 Å². The maximum Gasteiger partial charge on any atom is 0.291 e. The molecule has 4 rings (SSSR count). The first kappa shape index (κ1) is 18.1. The number of hydrogen-bond acceptors (Lipinski definition) is 6. The molecule has 2 aliphatic rings. The van der Waals surface area contributed by atoms with Crippen LogP contribution in [0.2, 0.25) is 0 Å². The van der Waals surface area contributed by atoms with Crippen molar-refractivity contribution in [1.29, 1.82) is 0 Å². The van der Waals surface area contributed by atoms with Gasteiger partial charge >= 0.3 is 0 Å². The fraction of sp³-hybridized carbons (Fsp3) is 0.667. The Hall–Kier alpha value is -2.26. The zero-order valence-corrected chi connectivity index (χ0v) is 16.3. The Labute approximate surface area is 159 Å². The zero-order chi connectivity index (χ0) is 19.0. The predicted octanol–water partition coefficient (Wildman–Crippen LogP) is 0.572. The number of amides is 1. The smallest absolute Gasteiger partial charge is 0.291 e. The molecule has 0 spiro atoms. The lowest BCUT2D eigenvalue weighted by Gasteiger charge is -2.41. The first-order valence-electron chi connectivity index (χ1n) is 9.69. The molecule has 2 aromatic rings. The summed E-state index contributed by atoms with van der Waals surface area (Å²) in [6.45, 7) is 12.9. The SMILES string of the molecule is CC(C)N1CCN(Cc2cc3n(n2)CCN(C(=O)c2ncn[nH]2)C3)C[C@H]1C. The highest BCUT2D eigenvalue weighted by Crippen LogP contribution is 2.18. The normalized spacial score (nSPS) is 21.6. The highest BCUT2D eigenvalue weighted by Gasteiger charge is 2.28. The molecule has 1 atom stereocenters. The number of carbonyl (C=O) groups is 1. The summed E-state index contributed by atoms with van der Waals surface area (Å²) < 4.78 is 2.04. The molecule has 2 aliphatic heterocycles. The van der Waals surface area contributed by atoms with Crippen molar-refractivity contribution in [3.63, 3.8) is 0 Å². The Balaban J connectivity index is 1.38. The van der Waals surface area contributed by atoms with Crippen LogP contribution >= 0.6 is 0 Å². The molecule has 1 saturated heterocycles. The standard InChI is InChI=1S/C18H28N8O/c1-13(2)25-6-4-23(9-14(25)3)10-15-8-16-11-24(5-7-26(16)22-15)18(27)17-19-12-20-21-17/h8,12-14H,4-7,9-11H2,1-3H3,(H,19,20,21)/t14-/m1/s1. The molecule has 4 heterocycles. The number of fused-ring (bicyclic) bond motifs is 1. The zero-order valence-electron chi connectivity index (χ0n) is 16.3. The van der Waals surface area contributed by atoms with Gasteiger partial charge in [-0.2, -0.15) is 10.2 Å². The quantitative estimate of drug-likeness (QED) is 0.845. The van der Waals surface area contributed by atoms with Crippen molar-refractivity contribution >= 4 is 5.91 Å². The van der Waals surface area contributed by atoms with Gasteiger partial charge in [-0.15, -0.1) is 0 Å². The number of hydrogen-bond donors (Lipinski definition) is 1. The van der Waals surface area contributed by atoms with Gasteiger partial charge < -0.3 is 4.90 Å². The topological polar surface area (TPSA) is 86.2 Å². The van der Waals surface area contributed by atoms with Crippen molar-refractivity contribution < 1.29 is 4.79 Å². The molecule has 2 aromatic heterocycles. The van der Waals surface area contributed by atoms with E-state index < -0.39 is 0 Å². The third-order valence-electron chi connectivity index (χ3n) is 5.57. The van der Waals surface area contributed by atoms with Crippen molar-refractivity contribution in [2.75, 3.05) is 26.2 Å². The second-order valence-electron chi connectivity index (χ2n) is 7.83. The molecule has 9 heteroatoms. The average molecular weight is 372 g/mol. The molecule has 27 heavy (non-hydrogen) atoms. The van der Waals surface area contributed by atoms with Crippen LogP contribution in [0, 0.1) is 0 Å². The Bertz CT molecular complexity index is 783. The lowest BCUT2D eigenvalue weighted by Crippen LogP contribution is -2.53. The van der Waals surface area contributed by atoms with E-state index in [4.69, 9.17) is 5.10 Å². The predicted molar refractivity (Wildman–Crippen MR) is 99.9 cm³/mol. The van der Waals surface area contributed by atoms with Crippen LogP contribution in [0.25, 0.3) is 0 Å². The number of nitrogens with one attached hydrogen (secondary N) is 1. The Morgan fingerprint density at radius 3 is 2.85 bits per heavy atom. The van der Waals surface area contributed by atoms with Crippen molar-refractivity contribution in [3.8, 4) is 0 Å². The molecular formula is C18H28N8O. The molecule has 0 radical (unpaired) electrons. The first-order valence-corrected chi connectivity index (χ1v) is 9.69. The number of nitrogens with zero attached hydrogens (tertiary/aromatic N) is 7. The van der Waals surface area contributed by atoms with E-state index in [2.05, 4.69) is 51.8 Å². The summed E-state index contributed by atoms with van der Waals surface area (Å²) in [5.41, 5.74) is 2.17. The highest BCUT2D eigenvalue weighted by molar-refractivity contribution is 5.90. The molecule has 0 saturated carbocycles. The lowest BCUT2D eigenvalue weighted by atomic mass is 10.1. The second-order valence-corrected chi connectivity index (χ2v) is 7.83. The molecule has 0 aromatic carbocycles. The van der Waals surface area contributed by atoms with Gasteiger partial charge in [-0.1, -0.05) is 0 Å². The van der Waals surface area contributed by atoms with Crippen LogP contribution in [-0.2, 0) is 19.6 Å². The molecule has 1 N–H and O–H groups in total.